The first-order valence-corrected chi connectivity index (χ1v) is 9.20. The van der Waals surface area contributed by atoms with E-state index in [-0.39, 0.29) is 5.91 Å². The van der Waals surface area contributed by atoms with Crippen molar-refractivity contribution in [2.75, 3.05) is 14.1 Å². The van der Waals surface area contributed by atoms with Gasteiger partial charge in [0.2, 0.25) is 0 Å². The van der Waals surface area contributed by atoms with Crippen LogP contribution in [0.15, 0.2) is 60.7 Å². The number of aromatic nitrogens is 1. The molecule has 0 radical (unpaired) electrons. The van der Waals surface area contributed by atoms with Crippen LogP contribution in [0.1, 0.15) is 32.9 Å². The molecule has 1 heterocycles. The molecule has 2 aromatic carbocycles. The largest absolute Gasteiger partial charge is 0.348 e. The minimum Gasteiger partial charge on any atom is -0.348 e. The summed E-state index contributed by atoms with van der Waals surface area (Å²) in [5.41, 5.74) is 6.47. The van der Waals surface area contributed by atoms with Gasteiger partial charge in [-0.2, -0.15) is 0 Å². The minimum atomic E-state index is -0.0557. The van der Waals surface area contributed by atoms with Gasteiger partial charge in [0.15, 0.2) is 0 Å². The highest BCUT2D eigenvalue weighted by Gasteiger charge is 2.08. The maximum absolute atomic E-state index is 12.4. The van der Waals surface area contributed by atoms with Gasteiger partial charge in [0.05, 0.1) is 0 Å². The third-order valence-electron chi connectivity index (χ3n) is 4.63. The molecular formula is C23H27N3O. The van der Waals surface area contributed by atoms with E-state index in [0.717, 1.165) is 17.8 Å². The summed E-state index contributed by atoms with van der Waals surface area (Å²) in [5.74, 6) is -0.0557. The van der Waals surface area contributed by atoms with E-state index in [1.165, 1.54) is 17.0 Å². The Bertz CT molecular complexity index is 886. The summed E-state index contributed by atoms with van der Waals surface area (Å²) in [6.07, 6.45) is 0. The molecule has 0 bridgehead atoms. The van der Waals surface area contributed by atoms with E-state index < -0.39 is 0 Å². The van der Waals surface area contributed by atoms with E-state index in [1.807, 2.05) is 24.3 Å². The van der Waals surface area contributed by atoms with Crippen LogP contribution in [0.5, 0.6) is 0 Å². The standard InChI is InChI=1S/C23H27N3O/c1-17-5-6-18(2)26(17)22-13-11-21(12-14-22)23(27)24-15-19-7-9-20(10-8-19)16-25(3)4/h5-14H,15-16H2,1-4H3,(H,24,27). The molecule has 0 unspecified atom stereocenters. The predicted molar refractivity (Wildman–Crippen MR) is 110 cm³/mol. The molecule has 140 valence electrons. The van der Waals surface area contributed by atoms with Crippen LogP contribution in [0.25, 0.3) is 5.69 Å². The number of hydrogen-bond donors (Lipinski definition) is 1. The van der Waals surface area contributed by atoms with E-state index in [4.69, 9.17) is 0 Å². The van der Waals surface area contributed by atoms with Crippen LogP contribution in [-0.2, 0) is 13.1 Å². The Morgan fingerprint density at radius 3 is 1.96 bits per heavy atom. The van der Waals surface area contributed by atoms with Crippen LogP contribution >= 0.6 is 0 Å². The molecule has 0 atom stereocenters. The number of nitrogens with zero attached hydrogens (tertiary/aromatic N) is 2. The fourth-order valence-electron chi connectivity index (χ4n) is 3.25. The highest BCUT2D eigenvalue weighted by molar-refractivity contribution is 5.94. The molecule has 3 rings (SSSR count). The second-order valence-electron chi connectivity index (χ2n) is 7.24. The van der Waals surface area contributed by atoms with Gasteiger partial charge in [0, 0.05) is 35.7 Å². The summed E-state index contributed by atoms with van der Waals surface area (Å²) in [7, 11) is 4.11. The number of hydrogen-bond acceptors (Lipinski definition) is 2. The smallest absolute Gasteiger partial charge is 0.251 e. The molecule has 3 aromatic rings. The van der Waals surface area contributed by atoms with E-state index >= 15 is 0 Å². The minimum absolute atomic E-state index is 0.0557. The van der Waals surface area contributed by atoms with Crippen LogP contribution in [0, 0.1) is 13.8 Å². The van der Waals surface area contributed by atoms with Crippen molar-refractivity contribution in [1.82, 2.24) is 14.8 Å². The van der Waals surface area contributed by atoms with Gasteiger partial charge in [-0.1, -0.05) is 24.3 Å². The molecule has 1 aromatic heterocycles. The van der Waals surface area contributed by atoms with Crippen molar-refractivity contribution in [3.05, 3.63) is 88.7 Å². The molecular weight excluding hydrogens is 334 g/mol. The SMILES string of the molecule is Cc1ccc(C)n1-c1ccc(C(=O)NCc2ccc(CN(C)C)cc2)cc1. The van der Waals surface area contributed by atoms with Crippen molar-refractivity contribution in [2.24, 2.45) is 0 Å². The second-order valence-corrected chi connectivity index (χ2v) is 7.24. The lowest BCUT2D eigenvalue weighted by Crippen LogP contribution is -2.22. The Balaban J connectivity index is 1.61. The molecule has 0 aliphatic rings. The van der Waals surface area contributed by atoms with Crippen molar-refractivity contribution < 1.29 is 4.79 Å². The highest BCUT2D eigenvalue weighted by Crippen LogP contribution is 2.17. The number of rotatable bonds is 6. The first-order valence-electron chi connectivity index (χ1n) is 9.20. The van der Waals surface area contributed by atoms with Crippen molar-refractivity contribution >= 4 is 5.91 Å². The quantitative estimate of drug-likeness (QED) is 0.718. The van der Waals surface area contributed by atoms with Crippen LogP contribution < -0.4 is 5.32 Å². The number of aryl methyl sites for hydroxylation is 2. The second kappa shape index (κ2) is 8.23. The Hall–Kier alpha value is -2.85. The Kier molecular flexibility index (Phi) is 5.77. The Labute approximate surface area is 161 Å². The van der Waals surface area contributed by atoms with E-state index in [1.54, 1.807) is 0 Å². The third-order valence-corrected chi connectivity index (χ3v) is 4.63. The lowest BCUT2D eigenvalue weighted by Gasteiger charge is -2.11. The summed E-state index contributed by atoms with van der Waals surface area (Å²) in [4.78, 5) is 14.6. The summed E-state index contributed by atoms with van der Waals surface area (Å²) in [6, 6.07) is 20.3. The average Bonchev–Trinajstić information content (AvgIpc) is 2.99. The molecule has 27 heavy (non-hydrogen) atoms. The molecule has 1 amide bonds. The third kappa shape index (κ3) is 4.66. The van der Waals surface area contributed by atoms with Gasteiger partial charge in [0.1, 0.15) is 0 Å². The number of carbonyl (C=O) groups excluding carboxylic acids is 1. The summed E-state index contributed by atoms with van der Waals surface area (Å²) in [5, 5.41) is 3.00. The predicted octanol–water partition coefficient (Wildman–Crippen LogP) is 4.09. The molecule has 0 saturated carbocycles. The topological polar surface area (TPSA) is 37.3 Å². The van der Waals surface area contributed by atoms with Crippen molar-refractivity contribution in [3.8, 4) is 5.69 Å². The van der Waals surface area contributed by atoms with Gasteiger partial charge in [0.25, 0.3) is 5.91 Å². The van der Waals surface area contributed by atoms with Crippen LogP contribution in [-0.4, -0.2) is 29.5 Å². The summed E-state index contributed by atoms with van der Waals surface area (Å²) < 4.78 is 2.18. The maximum atomic E-state index is 12.4. The lowest BCUT2D eigenvalue weighted by molar-refractivity contribution is 0.0951. The number of benzene rings is 2. The highest BCUT2D eigenvalue weighted by atomic mass is 16.1. The van der Waals surface area contributed by atoms with Crippen LogP contribution in [0.2, 0.25) is 0 Å². The van der Waals surface area contributed by atoms with Gasteiger partial charge in [-0.3, -0.25) is 4.79 Å². The maximum Gasteiger partial charge on any atom is 0.251 e. The monoisotopic (exact) mass is 361 g/mol. The van der Waals surface area contributed by atoms with Crippen LogP contribution in [0.4, 0.5) is 0 Å². The zero-order valence-corrected chi connectivity index (χ0v) is 16.5. The molecule has 4 heteroatoms. The number of carbonyl (C=O) groups is 1. The van der Waals surface area contributed by atoms with Crippen molar-refractivity contribution in [1.29, 1.82) is 0 Å². The van der Waals surface area contributed by atoms with Crippen molar-refractivity contribution in [3.63, 3.8) is 0 Å². The zero-order chi connectivity index (χ0) is 19.4. The van der Waals surface area contributed by atoms with Gasteiger partial charge in [-0.15, -0.1) is 0 Å². The number of nitrogens with one attached hydrogen (secondary N) is 1. The normalized spacial score (nSPS) is 11.0. The molecule has 0 saturated heterocycles. The molecule has 0 spiro atoms. The van der Waals surface area contributed by atoms with E-state index in [2.05, 4.69) is 79.1 Å². The van der Waals surface area contributed by atoms with Gasteiger partial charge in [-0.05, 0) is 75.5 Å². The summed E-state index contributed by atoms with van der Waals surface area (Å²) in [6.45, 7) is 5.60. The lowest BCUT2D eigenvalue weighted by atomic mass is 10.1. The van der Waals surface area contributed by atoms with Gasteiger partial charge >= 0.3 is 0 Å². The first-order chi connectivity index (χ1) is 12.9. The van der Waals surface area contributed by atoms with Gasteiger partial charge in [-0.25, -0.2) is 0 Å². The fourth-order valence-corrected chi connectivity index (χ4v) is 3.25. The molecule has 4 nitrogen and oxygen atoms in total. The van der Waals surface area contributed by atoms with E-state index in [0.29, 0.717) is 12.1 Å². The Morgan fingerprint density at radius 1 is 0.852 bits per heavy atom. The molecule has 1 N–H and O–H groups in total. The number of amides is 1. The van der Waals surface area contributed by atoms with Crippen molar-refractivity contribution in [2.45, 2.75) is 26.9 Å². The van der Waals surface area contributed by atoms with Crippen LogP contribution in [0.3, 0.4) is 0 Å². The Morgan fingerprint density at radius 2 is 1.41 bits per heavy atom. The fraction of sp³-hybridized carbons (Fsp3) is 0.261. The molecule has 0 aliphatic carbocycles. The first kappa shape index (κ1) is 18.9. The van der Waals surface area contributed by atoms with Gasteiger partial charge < -0.3 is 14.8 Å². The molecule has 0 aliphatic heterocycles. The van der Waals surface area contributed by atoms with E-state index in [9.17, 15) is 4.79 Å². The zero-order valence-electron chi connectivity index (χ0n) is 16.5. The average molecular weight is 361 g/mol. The molecule has 0 fully saturated rings. The summed E-state index contributed by atoms with van der Waals surface area (Å²) >= 11 is 0.